The Morgan fingerprint density at radius 1 is 1.33 bits per heavy atom. The number of pyridine rings is 1. The minimum absolute atomic E-state index is 0.102. The summed E-state index contributed by atoms with van der Waals surface area (Å²) >= 11 is 0. The monoisotopic (exact) mass is 285 g/mol. The van der Waals surface area contributed by atoms with Gasteiger partial charge in [-0.1, -0.05) is 18.2 Å². The topological polar surface area (TPSA) is 77.2 Å². The van der Waals surface area contributed by atoms with Gasteiger partial charge in [0.25, 0.3) is 5.91 Å². The van der Waals surface area contributed by atoms with Crippen LogP contribution in [0, 0.1) is 0 Å². The van der Waals surface area contributed by atoms with Crippen molar-refractivity contribution in [1.29, 1.82) is 0 Å². The molecule has 0 aliphatic rings. The number of nitrogens with two attached hydrogens (primary N) is 1. The highest BCUT2D eigenvalue weighted by molar-refractivity contribution is 5.95. The Kier molecular flexibility index (Phi) is 5.29. The maximum Gasteiger partial charge on any atom is 0.251 e. The molecule has 1 amide bonds. The molecule has 0 unspecified atom stereocenters. The maximum atomic E-state index is 12.3. The summed E-state index contributed by atoms with van der Waals surface area (Å²) in [7, 11) is 1.56. The van der Waals surface area contributed by atoms with Crippen LogP contribution in [0.4, 0.5) is 0 Å². The van der Waals surface area contributed by atoms with Gasteiger partial charge in [0.15, 0.2) is 0 Å². The second kappa shape index (κ2) is 7.40. The van der Waals surface area contributed by atoms with Crippen LogP contribution in [0.3, 0.4) is 0 Å². The van der Waals surface area contributed by atoms with Gasteiger partial charge in [0.1, 0.15) is 0 Å². The number of hydrogen-bond donors (Lipinski definition) is 2. The Bertz CT molecular complexity index is 614. The molecule has 0 spiro atoms. The second-order valence-corrected chi connectivity index (χ2v) is 4.58. The Hall–Kier alpha value is -2.40. The lowest BCUT2D eigenvalue weighted by Gasteiger charge is -2.10. The predicted molar refractivity (Wildman–Crippen MR) is 81.2 cm³/mol. The van der Waals surface area contributed by atoms with Crippen molar-refractivity contribution in [2.45, 2.75) is 13.0 Å². The lowest BCUT2D eigenvalue weighted by atomic mass is 10.0. The average molecular weight is 285 g/mol. The highest BCUT2D eigenvalue weighted by atomic mass is 16.5. The summed E-state index contributed by atoms with van der Waals surface area (Å²) in [6, 6.07) is 11.1. The van der Waals surface area contributed by atoms with E-state index < -0.39 is 0 Å². The van der Waals surface area contributed by atoms with E-state index >= 15 is 0 Å². The van der Waals surface area contributed by atoms with E-state index in [1.165, 1.54) is 0 Å². The van der Waals surface area contributed by atoms with Crippen LogP contribution in [0.25, 0.3) is 0 Å². The number of carbonyl (C=O) groups excluding carboxylic acids is 1. The number of aromatic nitrogens is 1. The maximum absolute atomic E-state index is 12.3. The average Bonchev–Trinajstić information content (AvgIpc) is 2.53. The fraction of sp³-hybridized carbons (Fsp3) is 0.250. The quantitative estimate of drug-likeness (QED) is 0.843. The number of hydrogen-bond acceptors (Lipinski definition) is 4. The molecular weight excluding hydrogens is 266 g/mol. The minimum atomic E-state index is -0.102. The van der Waals surface area contributed by atoms with Gasteiger partial charge in [-0.15, -0.1) is 0 Å². The van der Waals surface area contributed by atoms with Gasteiger partial charge in [-0.3, -0.25) is 4.79 Å². The fourth-order valence-corrected chi connectivity index (χ4v) is 2.06. The van der Waals surface area contributed by atoms with Gasteiger partial charge in [0, 0.05) is 24.4 Å². The number of ether oxygens (including phenoxy) is 1. The lowest BCUT2D eigenvalue weighted by molar-refractivity contribution is 0.0950. The molecular formula is C16H19N3O2. The molecule has 0 fully saturated rings. The summed E-state index contributed by atoms with van der Waals surface area (Å²) < 4.78 is 5.06. The van der Waals surface area contributed by atoms with Crippen molar-refractivity contribution in [2.24, 2.45) is 5.73 Å². The first-order chi connectivity index (χ1) is 10.2. The number of amides is 1. The van der Waals surface area contributed by atoms with E-state index in [-0.39, 0.29) is 5.91 Å². The molecule has 0 bridgehead atoms. The normalized spacial score (nSPS) is 10.2. The Labute approximate surface area is 124 Å². The summed E-state index contributed by atoms with van der Waals surface area (Å²) in [6.45, 7) is 0.945. The standard InChI is InChI=1S/C16H19N3O2/c1-21-15-10-12(7-9-18-15)11-19-16(20)14-5-3-2-4-13(14)6-8-17/h2-5,7,9-10H,6,8,11,17H2,1H3,(H,19,20). The molecule has 0 aliphatic carbocycles. The zero-order chi connectivity index (χ0) is 15.1. The molecule has 1 aromatic heterocycles. The van der Waals surface area contributed by atoms with E-state index in [2.05, 4.69) is 10.3 Å². The molecule has 5 nitrogen and oxygen atoms in total. The third kappa shape index (κ3) is 4.03. The molecule has 5 heteroatoms. The van der Waals surface area contributed by atoms with Crippen molar-refractivity contribution in [3.63, 3.8) is 0 Å². The molecule has 21 heavy (non-hydrogen) atoms. The molecule has 0 saturated carbocycles. The van der Waals surface area contributed by atoms with Crippen LogP contribution < -0.4 is 15.8 Å². The zero-order valence-corrected chi connectivity index (χ0v) is 12.0. The van der Waals surface area contributed by atoms with E-state index in [0.717, 1.165) is 11.1 Å². The van der Waals surface area contributed by atoms with Crippen molar-refractivity contribution in [3.8, 4) is 5.88 Å². The first kappa shape index (κ1) is 15.0. The molecule has 0 saturated heterocycles. The molecule has 0 radical (unpaired) electrons. The van der Waals surface area contributed by atoms with Gasteiger partial charge in [0.2, 0.25) is 5.88 Å². The van der Waals surface area contributed by atoms with Gasteiger partial charge in [-0.05, 0) is 36.2 Å². The summed E-state index contributed by atoms with van der Waals surface area (Å²) in [5, 5.41) is 2.90. The van der Waals surface area contributed by atoms with E-state index in [1.807, 2.05) is 30.3 Å². The van der Waals surface area contributed by atoms with Crippen LogP contribution in [0.1, 0.15) is 21.5 Å². The van der Waals surface area contributed by atoms with Crippen LogP contribution in [-0.2, 0) is 13.0 Å². The van der Waals surface area contributed by atoms with Crippen LogP contribution in [0.15, 0.2) is 42.6 Å². The molecule has 0 aliphatic heterocycles. The van der Waals surface area contributed by atoms with Gasteiger partial charge in [-0.25, -0.2) is 4.98 Å². The Balaban J connectivity index is 2.04. The summed E-state index contributed by atoms with van der Waals surface area (Å²) in [5.41, 5.74) is 8.14. The lowest BCUT2D eigenvalue weighted by Crippen LogP contribution is -2.24. The summed E-state index contributed by atoms with van der Waals surface area (Å²) in [6.07, 6.45) is 2.34. The van der Waals surface area contributed by atoms with E-state index in [0.29, 0.717) is 31.0 Å². The number of carbonyl (C=O) groups is 1. The second-order valence-electron chi connectivity index (χ2n) is 4.58. The smallest absolute Gasteiger partial charge is 0.251 e. The molecule has 3 N–H and O–H groups in total. The van der Waals surface area contributed by atoms with Crippen molar-refractivity contribution in [2.75, 3.05) is 13.7 Å². The Morgan fingerprint density at radius 3 is 2.90 bits per heavy atom. The number of methoxy groups -OCH3 is 1. The van der Waals surface area contributed by atoms with Crippen LogP contribution in [0.5, 0.6) is 5.88 Å². The van der Waals surface area contributed by atoms with Crippen LogP contribution >= 0.6 is 0 Å². The minimum Gasteiger partial charge on any atom is -0.481 e. The SMILES string of the molecule is COc1cc(CNC(=O)c2ccccc2CCN)ccn1. The highest BCUT2D eigenvalue weighted by Crippen LogP contribution is 2.11. The Morgan fingerprint density at radius 2 is 2.14 bits per heavy atom. The molecule has 1 aromatic carbocycles. The zero-order valence-electron chi connectivity index (χ0n) is 12.0. The third-order valence-corrected chi connectivity index (χ3v) is 3.14. The first-order valence-corrected chi connectivity index (χ1v) is 6.79. The van der Waals surface area contributed by atoms with Crippen molar-refractivity contribution < 1.29 is 9.53 Å². The number of benzene rings is 1. The molecule has 2 rings (SSSR count). The van der Waals surface area contributed by atoms with Gasteiger partial charge >= 0.3 is 0 Å². The number of rotatable bonds is 6. The highest BCUT2D eigenvalue weighted by Gasteiger charge is 2.10. The fourth-order valence-electron chi connectivity index (χ4n) is 2.06. The van der Waals surface area contributed by atoms with E-state index in [9.17, 15) is 4.79 Å². The van der Waals surface area contributed by atoms with E-state index in [4.69, 9.17) is 10.5 Å². The van der Waals surface area contributed by atoms with Crippen molar-refractivity contribution in [3.05, 3.63) is 59.3 Å². The van der Waals surface area contributed by atoms with E-state index in [1.54, 1.807) is 19.4 Å². The number of nitrogens with zero attached hydrogens (tertiary/aromatic N) is 1. The first-order valence-electron chi connectivity index (χ1n) is 6.79. The molecule has 0 atom stereocenters. The van der Waals surface area contributed by atoms with Gasteiger partial charge in [0.05, 0.1) is 7.11 Å². The summed E-state index contributed by atoms with van der Waals surface area (Å²) in [5.74, 6) is 0.431. The van der Waals surface area contributed by atoms with Gasteiger partial charge in [-0.2, -0.15) is 0 Å². The predicted octanol–water partition coefficient (Wildman–Crippen LogP) is 1.52. The van der Waals surface area contributed by atoms with Crippen molar-refractivity contribution in [1.82, 2.24) is 10.3 Å². The summed E-state index contributed by atoms with van der Waals surface area (Å²) in [4.78, 5) is 16.3. The number of nitrogens with one attached hydrogen (secondary N) is 1. The molecule has 110 valence electrons. The molecule has 1 heterocycles. The van der Waals surface area contributed by atoms with Gasteiger partial charge < -0.3 is 15.8 Å². The largest absolute Gasteiger partial charge is 0.481 e. The molecule has 2 aromatic rings. The van der Waals surface area contributed by atoms with Crippen LogP contribution in [-0.4, -0.2) is 24.5 Å². The van der Waals surface area contributed by atoms with Crippen LogP contribution in [0.2, 0.25) is 0 Å². The third-order valence-electron chi connectivity index (χ3n) is 3.14. The van der Waals surface area contributed by atoms with Crippen molar-refractivity contribution >= 4 is 5.91 Å².